The highest BCUT2D eigenvalue weighted by Gasteiger charge is 2.50. The number of hydrogen-bond acceptors (Lipinski definition) is 2. The molecule has 1 aliphatic carbocycles. The second kappa shape index (κ2) is 3.32. The van der Waals surface area contributed by atoms with Crippen molar-refractivity contribution in [2.24, 2.45) is 0 Å². The minimum absolute atomic E-state index is 0.570. The normalized spacial score (nSPS) is 22.5. The van der Waals surface area contributed by atoms with E-state index in [-0.39, 0.29) is 0 Å². The molecule has 1 aliphatic heterocycles. The lowest BCUT2D eigenvalue weighted by Gasteiger charge is -2.44. The molecule has 0 bridgehead atoms. The highest BCUT2D eigenvalue weighted by atomic mass is 16.4. The quantitative estimate of drug-likeness (QED) is 0.823. The van der Waals surface area contributed by atoms with E-state index in [2.05, 4.69) is 17.0 Å². The SMILES string of the molecule is O=C(O)C1(N2Cc3ccccc3C2)CCC1. The molecule has 0 amide bonds. The third-order valence-electron chi connectivity index (χ3n) is 4.02. The molecule has 0 atom stereocenters. The van der Waals surface area contributed by atoms with Gasteiger partial charge in [-0.1, -0.05) is 24.3 Å². The van der Waals surface area contributed by atoms with Gasteiger partial charge in [0.05, 0.1) is 0 Å². The zero-order valence-corrected chi connectivity index (χ0v) is 9.15. The van der Waals surface area contributed by atoms with Crippen LogP contribution in [-0.4, -0.2) is 21.5 Å². The maximum atomic E-state index is 11.4. The Labute approximate surface area is 94.7 Å². The van der Waals surface area contributed by atoms with Crippen LogP contribution in [0.25, 0.3) is 0 Å². The second-order valence-corrected chi connectivity index (χ2v) is 4.82. The number of carboxylic acid groups (broad SMARTS) is 1. The van der Waals surface area contributed by atoms with Crippen molar-refractivity contribution in [1.82, 2.24) is 4.90 Å². The Kier molecular flexibility index (Phi) is 2.04. The molecular weight excluding hydrogens is 202 g/mol. The van der Waals surface area contributed by atoms with Crippen LogP contribution in [-0.2, 0) is 17.9 Å². The topological polar surface area (TPSA) is 40.5 Å². The van der Waals surface area contributed by atoms with Gasteiger partial charge in [-0.15, -0.1) is 0 Å². The Morgan fingerprint density at radius 1 is 1.19 bits per heavy atom. The molecule has 0 radical (unpaired) electrons. The van der Waals surface area contributed by atoms with E-state index in [1.54, 1.807) is 0 Å². The van der Waals surface area contributed by atoms with Crippen LogP contribution in [0.15, 0.2) is 24.3 Å². The monoisotopic (exact) mass is 217 g/mol. The summed E-state index contributed by atoms with van der Waals surface area (Å²) in [7, 11) is 0. The number of carboxylic acids is 1. The molecule has 3 nitrogen and oxygen atoms in total. The fraction of sp³-hybridized carbons (Fsp3) is 0.462. The van der Waals surface area contributed by atoms with E-state index in [4.69, 9.17) is 0 Å². The van der Waals surface area contributed by atoms with Gasteiger partial charge in [0.25, 0.3) is 0 Å². The van der Waals surface area contributed by atoms with Crippen molar-refractivity contribution in [3.05, 3.63) is 35.4 Å². The maximum absolute atomic E-state index is 11.4. The van der Waals surface area contributed by atoms with Gasteiger partial charge in [0, 0.05) is 13.1 Å². The first-order valence-electron chi connectivity index (χ1n) is 5.78. The molecule has 1 heterocycles. The Hall–Kier alpha value is -1.35. The minimum Gasteiger partial charge on any atom is -0.480 e. The van der Waals surface area contributed by atoms with Crippen LogP contribution in [0.5, 0.6) is 0 Å². The first-order chi connectivity index (χ1) is 7.72. The third-order valence-corrected chi connectivity index (χ3v) is 4.02. The summed E-state index contributed by atoms with van der Waals surface area (Å²) in [6.07, 6.45) is 2.64. The van der Waals surface area contributed by atoms with Crippen LogP contribution < -0.4 is 0 Å². The summed E-state index contributed by atoms with van der Waals surface area (Å²) in [6, 6.07) is 8.25. The smallest absolute Gasteiger partial charge is 0.324 e. The molecule has 0 unspecified atom stereocenters. The lowest BCUT2D eigenvalue weighted by Crippen LogP contribution is -2.57. The summed E-state index contributed by atoms with van der Waals surface area (Å²) in [5, 5.41) is 9.38. The van der Waals surface area contributed by atoms with Crippen molar-refractivity contribution in [2.45, 2.75) is 37.9 Å². The number of carbonyl (C=O) groups is 1. The third kappa shape index (κ3) is 1.21. The van der Waals surface area contributed by atoms with E-state index in [1.165, 1.54) is 11.1 Å². The van der Waals surface area contributed by atoms with Crippen molar-refractivity contribution >= 4 is 5.97 Å². The molecule has 16 heavy (non-hydrogen) atoms. The fourth-order valence-corrected chi connectivity index (χ4v) is 2.81. The van der Waals surface area contributed by atoms with Crippen LogP contribution in [0.4, 0.5) is 0 Å². The molecule has 1 saturated carbocycles. The summed E-state index contributed by atoms with van der Waals surface area (Å²) in [5.74, 6) is -0.647. The summed E-state index contributed by atoms with van der Waals surface area (Å²) >= 11 is 0. The number of hydrogen-bond donors (Lipinski definition) is 1. The van der Waals surface area contributed by atoms with E-state index < -0.39 is 11.5 Å². The van der Waals surface area contributed by atoms with E-state index in [1.807, 2.05) is 12.1 Å². The van der Waals surface area contributed by atoms with Gasteiger partial charge in [0.2, 0.25) is 0 Å². The molecule has 0 spiro atoms. The zero-order valence-electron chi connectivity index (χ0n) is 9.15. The number of aliphatic carboxylic acids is 1. The summed E-state index contributed by atoms with van der Waals surface area (Å²) < 4.78 is 0. The predicted octanol–water partition coefficient (Wildman–Crippen LogP) is 2.01. The van der Waals surface area contributed by atoms with Gasteiger partial charge in [-0.3, -0.25) is 9.69 Å². The fourth-order valence-electron chi connectivity index (χ4n) is 2.81. The van der Waals surface area contributed by atoms with Gasteiger partial charge in [-0.05, 0) is 30.4 Å². The van der Waals surface area contributed by atoms with Gasteiger partial charge >= 0.3 is 5.97 Å². The molecule has 3 rings (SSSR count). The van der Waals surface area contributed by atoms with Crippen LogP contribution in [0.3, 0.4) is 0 Å². The average Bonchev–Trinajstić information content (AvgIpc) is 2.58. The van der Waals surface area contributed by atoms with Gasteiger partial charge in [-0.25, -0.2) is 0 Å². The van der Waals surface area contributed by atoms with Crippen LogP contribution in [0, 0.1) is 0 Å². The maximum Gasteiger partial charge on any atom is 0.324 e. The molecule has 0 saturated heterocycles. The first kappa shape index (κ1) is 9.85. The Balaban J connectivity index is 1.88. The average molecular weight is 217 g/mol. The standard InChI is InChI=1S/C13H15NO2/c15-12(16)13(6-3-7-13)14-8-10-4-1-2-5-11(10)9-14/h1-2,4-5H,3,6-9H2,(H,15,16). The van der Waals surface area contributed by atoms with Gasteiger partial charge < -0.3 is 5.11 Å². The Morgan fingerprint density at radius 3 is 2.12 bits per heavy atom. The molecule has 2 aliphatic rings. The van der Waals surface area contributed by atoms with Crippen molar-refractivity contribution < 1.29 is 9.90 Å². The van der Waals surface area contributed by atoms with E-state index in [9.17, 15) is 9.90 Å². The second-order valence-electron chi connectivity index (χ2n) is 4.82. The molecule has 1 fully saturated rings. The number of benzene rings is 1. The van der Waals surface area contributed by atoms with Crippen LogP contribution in [0.1, 0.15) is 30.4 Å². The number of nitrogens with zero attached hydrogens (tertiary/aromatic N) is 1. The molecule has 0 aromatic heterocycles. The van der Waals surface area contributed by atoms with E-state index in [0.717, 1.165) is 32.4 Å². The van der Waals surface area contributed by atoms with Crippen molar-refractivity contribution in [2.75, 3.05) is 0 Å². The van der Waals surface area contributed by atoms with Crippen molar-refractivity contribution in [3.8, 4) is 0 Å². The van der Waals surface area contributed by atoms with Crippen molar-refractivity contribution in [3.63, 3.8) is 0 Å². The zero-order chi connectivity index (χ0) is 11.2. The first-order valence-corrected chi connectivity index (χ1v) is 5.78. The Bertz CT molecular complexity index is 412. The molecule has 1 N–H and O–H groups in total. The molecular formula is C13H15NO2. The minimum atomic E-state index is -0.647. The van der Waals surface area contributed by atoms with Gasteiger partial charge in [-0.2, -0.15) is 0 Å². The lowest BCUT2D eigenvalue weighted by atomic mass is 9.75. The Morgan fingerprint density at radius 2 is 1.75 bits per heavy atom. The summed E-state index contributed by atoms with van der Waals surface area (Å²) in [5.41, 5.74) is 2.00. The largest absolute Gasteiger partial charge is 0.480 e. The van der Waals surface area contributed by atoms with Gasteiger partial charge in [0.1, 0.15) is 5.54 Å². The highest BCUT2D eigenvalue weighted by molar-refractivity contribution is 5.80. The number of fused-ring (bicyclic) bond motifs is 1. The summed E-state index contributed by atoms with van der Waals surface area (Å²) in [4.78, 5) is 13.5. The lowest BCUT2D eigenvalue weighted by molar-refractivity contribution is -0.159. The molecule has 1 aromatic carbocycles. The van der Waals surface area contributed by atoms with Crippen LogP contribution in [0.2, 0.25) is 0 Å². The molecule has 3 heteroatoms. The predicted molar refractivity (Wildman–Crippen MR) is 59.9 cm³/mol. The molecule has 84 valence electrons. The highest BCUT2D eigenvalue weighted by Crippen LogP contribution is 2.42. The van der Waals surface area contributed by atoms with Crippen molar-refractivity contribution in [1.29, 1.82) is 0 Å². The van der Waals surface area contributed by atoms with Gasteiger partial charge in [0.15, 0.2) is 0 Å². The van der Waals surface area contributed by atoms with E-state index >= 15 is 0 Å². The van der Waals surface area contributed by atoms with Crippen LogP contribution >= 0.6 is 0 Å². The number of rotatable bonds is 2. The van der Waals surface area contributed by atoms with E-state index in [0.29, 0.717) is 0 Å². The molecule has 1 aromatic rings. The summed E-state index contributed by atoms with van der Waals surface area (Å²) in [6.45, 7) is 1.59.